The molecule has 0 amide bonds. The Morgan fingerprint density at radius 3 is 2.40 bits per heavy atom. The lowest BCUT2D eigenvalue weighted by Crippen LogP contribution is -2.14. The third-order valence-electron chi connectivity index (χ3n) is 3.37. The van der Waals surface area contributed by atoms with Crippen LogP contribution in [0, 0.1) is 0 Å². The summed E-state index contributed by atoms with van der Waals surface area (Å²) in [5.41, 5.74) is 0.867. The first kappa shape index (κ1) is 19.1. The normalized spacial score (nSPS) is 11.4. The van der Waals surface area contributed by atoms with Gasteiger partial charge in [-0.15, -0.1) is 0 Å². The zero-order valence-corrected chi connectivity index (χ0v) is 15.6. The van der Waals surface area contributed by atoms with Gasteiger partial charge in [-0.2, -0.15) is 0 Å². The van der Waals surface area contributed by atoms with E-state index in [9.17, 15) is 8.42 Å². The summed E-state index contributed by atoms with van der Waals surface area (Å²) in [4.78, 5) is 4.31. The number of sulfonamides is 1. The topological polar surface area (TPSA) is 80.3 Å². The highest BCUT2D eigenvalue weighted by Crippen LogP contribution is 2.20. The lowest BCUT2D eigenvalue weighted by Gasteiger charge is -2.11. The third kappa shape index (κ3) is 5.94. The van der Waals surface area contributed by atoms with Crippen LogP contribution in [0.4, 0.5) is 11.5 Å². The van der Waals surface area contributed by atoms with E-state index in [0.29, 0.717) is 5.75 Å². The summed E-state index contributed by atoms with van der Waals surface area (Å²) < 4.78 is 32.8. The van der Waals surface area contributed by atoms with Crippen LogP contribution in [0.5, 0.6) is 5.75 Å². The van der Waals surface area contributed by atoms with Crippen LogP contribution in [0.3, 0.4) is 0 Å². The number of benzene rings is 1. The number of pyridine rings is 1. The lowest BCUT2D eigenvalue weighted by atomic mass is 10.3. The average Bonchev–Trinajstić information content (AvgIpc) is 2.56. The van der Waals surface area contributed by atoms with Gasteiger partial charge in [0.25, 0.3) is 10.0 Å². The molecule has 0 aliphatic heterocycles. The molecule has 0 radical (unpaired) electrons. The number of hydrogen-bond acceptors (Lipinski definition) is 5. The maximum absolute atomic E-state index is 12.4. The van der Waals surface area contributed by atoms with Crippen LogP contribution >= 0.6 is 0 Å². The largest absolute Gasteiger partial charge is 0.491 e. The Bertz CT molecular complexity index is 757. The highest BCUT2D eigenvalue weighted by Gasteiger charge is 2.15. The standard InChI is InChI=1S/C18H25N3O3S/c1-4-5-12-19-15-6-11-18(20-13-15)21-25(22,23)17-9-7-16(8-10-17)24-14(2)3/h6-11,13-14,19H,4-5,12H2,1-3H3,(H,20,21). The Balaban J connectivity index is 2.02. The number of ether oxygens (including phenoxy) is 1. The number of nitrogens with zero attached hydrogens (tertiary/aromatic N) is 1. The molecule has 6 nitrogen and oxygen atoms in total. The minimum atomic E-state index is -3.68. The molecular formula is C18H25N3O3S. The van der Waals surface area contributed by atoms with E-state index >= 15 is 0 Å². The maximum atomic E-state index is 12.4. The maximum Gasteiger partial charge on any atom is 0.263 e. The fraction of sp³-hybridized carbons (Fsp3) is 0.389. The molecule has 2 N–H and O–H groups in total. The van der Waals surface area contributed by atoms with Gasteiger partial charge < -0.3 is 10.1 Å². The highest BCUT2D eigenvalue weighted by atomic mass is 32.2. The van der Waals surface area contributed by atoms with Crippen LogP contribution in [0.25, 0.3) is 0 Å². The predicted octanol–water partition coefficient (Wildman–Crippen LogP) is 3.88. The summed E-state index contributed by atoms with van der Waals surface area (Å²) in [6, 6.07) is 9.76. The number of nitrogens with one attached hydrogen (secondary N) is 2. The minimum absolute atomic E-state index is 0.0363. The molecule has 1 aromatic carbocycles. The van der Waals surface area contributed by atoms with Crippen molar-refractivity contribution in [3.05, 3.63) is 42.6 Å². The van der Waals surface area contributed by atoms with E-state index in [0.717, 1.165) is 25.1 Å². The molecule has 1 aromatic heterocycles. The molecule has 0 saturated carbocycles. The lowest BCUT2D eigenvalue weighted by molar-refractivity contribution is 0.242. The van der Waals surface area contributed by atoms with E-state index in [1.165, 1.54) is 12.1 Å². The van der Waals surface area contributed by atoms with Crippen molar-refractivity contribution in [3.8, 4) is 5.75 Å². The van der Waals surface area contributed by atoms with Crippen LogP contribution < -0.4 is 14.8 Å². The van der Waals surface area contributed by atoms with Crippen molar-refractivity contribution < 1.29 is 13.2 Å². The number of unbranched alkanes of at least 4 members (excludes halogenated alkanes) is 1. The molecule has 0 aliphatic rings. The first-order valence-electron chi connectivity index (χ1n) is 8.40. The van der Waals surface area contributed by atoms with Crippen LogP contribution in [0.2, 0.25) is 0 Å². The Hall–Kier alpha value is -2.28. The second-order valence-electron chi connectivity index (χ2n) is 5.96. The van der Waals surface area contributed by atoms with E-state index in [1.54, 1.807) is 30.5 Å². The second-order valence-corrected chi connectivity index (χ2v) is 7.64. The van der Waals surface area contributed by atoms with Gasteiger partial charge in [0.15, 0.2) is 0 Å². The van der Waals surface area contributed by atoms with Crippen molar-refractivity contribution in [2.45, 2.75) is 44.6 Å². The molecule has 1 heterocycles. The SMILES string of the molecule is CCCCNc1ccc(NS(=O)(=O)c2ccc(OC(C)C)cc2)nc1. The summed E-state index contributed by atoms with van der Waals surface area (Å²) in [5.74, 6) is 0.915. The van der Waals surface area contributed by atoms with E-state index in [4.69, 9.17) is 4.74 Å². The predicted molar refractivity (Wildman–Crippen MR) is 101 cm³/mol. The second kappa shape index (κ2) is 8.71. The van der Waals surface area contributed by atoms with Crippen molar-refractivity contribution in [3.63, 3.8) is 0 Å². The van der Waals surface area contributed by atoms with E-state index in [-0.39, 0.29) is 16.8 Å². The molecule has 2 aromatic rings. The van der Waals surface area contributed by atoms with Gasteiger partial charge in [-0.1, -0.05) is 13.3 Å². The molecule has 0 unspecified atom stereocenters. The highest BCUT2D eigenvalue weighted by molar-refractivity contribution is 7.92. The molecule has 0 saturated heterocycles. The Labute approximate surface area is 149 Å². The van der Waals surface area contributed by atoms with E-state index in [2.05, 4.69) is 21.9 Å². The summed E-state index contributed by atoms with van der Waals surface area (Å²) in [6.07, 6.45) is 3.84. The minimum Gasteiger partial charge on any atom is -0.491 e. The van der Waals surface area contributed by atoms with Gasteiger partial charge in [0, 0.05) is 6.54 Å². The number of rotatable bonds is 9. The van der Waals surface area contributed by atoms with Crippen molar-refractivity contribution in [2.75, 3.05) is 16.6 Å². The van der Waals surface area contributed by atoms with Crippen molar-refractivity contribution >= 4 is 21.5 Å². The Morgan fingerprint density at radius 1 is 1.12 bits per heavy atom. The van der Waals surface area contributed by atoms with Crippen LogP contribution in [-0.2, 0) is 10.0 Å². The molecule has 0 atom stereocenters. The summed E-state index contributed by atoms with van der Waals surface area (Å²) in [5, 5.41) is 3.24. The molecule has 2 rings (SSSR count). The smallest absolute Gasteiger partial charge is 0.263 e. The van der Waals surface area contributed by atoms with Crippen LogP contribution in [0.1, 0.15) is 33.6 Å². The molecule has 136 valence electrons. The molecule has 0 bridgehead atoms. The number of hydrogen-bond donors (Lipinski definition) is 2. The zero-order chi connectivity index (χ0) is 18.3. The quantitative estimate of drug-likeness (QED) is 0.661. The van der Waals surface area contributed by atoms with Crippen molar-refractivity contribution in [2.24, 2.45) is 0 Å². The fourth-order valence-electron chi connectivity index (χ4n) is 2.13. The van der Waals surface area contributed by atoms with Crippen molar-refractivity contribution in [1.82, 2.24) is 4.98 Å². The van der Waals surface area contributed by atoms with Gasteiger partial charge >= 0.3 is 0 Å². The molecule has 7 heteroatoms. The van der Waals surface area contributed by atoms with Crippen molar-refractivity contribution in [1.29, 1.82) is 0 Å². The van der Waals surface area contributed by atoms with E-state index in [1.807, 2.05) is 13.8 Å². The van der Waals surface area contributed by atoms with E-state index < -0.39 is 10.0 Å². The molecule has 25 heavy (non-hydrogen) atoms. The van der Waals surface area contributed by atoms with Crippen LogP contribution in [-0.4, -0.2) is 26.1 Å². The van der Waals surface area contributed by atoms with Gasteiger partial charge in [0.2, 0.25) is 0 Å². The Morgan fingerprint density at radius 2 is 1.84 bits per heavy atom. The summed E-state index contributed by atoms with van der Waals surface area (Å²) >= 11 is 0. The third-order valence-corrected chi connectivity index (χ3v) is 4.74. The van der Waals surface area contributed by atoms with Gasteiger partial charge in [-0.05, 0) is 56.7 Å². The number of anilines is 2. The zero-order valence-electron chi connectivity index (χ0n) is 14.8. The summed E-state index contributed by atoms with van der Waals surface area (Å²) in [6.45, 7) is 6.82. The van der Waals surface area contributed by atoms with Gasteiger partial charge in [-0.25, -0.2) is 13.4 Å². The summed E-state index contributed by atoms with van der Waals surface area (Å²) in [7, 11) is -3.68. The van der Waals surface area contributed by atoms with Gasteiger partial charge in [0.05, 0.1) is 22.9 Å². The first-order valence-corrected chi connectivity index (χ1v) is 9.88. The van der Waals surface area contributed by atoms with Gasteiger partial charge in [0.1, 0.15) is 11.6 Å². The fourth-order valence-corrected chi connectivity index (χ4v) is 3.14. The monoisotopic (exact) mass is 363 g/mol. The number of aromatic nitrogens is 1. The van der Waals surface area contributed by atoms with Crippen LogP contribution in [0.15, 0.2) is 47.5 Å². The molecule has 0 fully saturated rings. The molecule has 0 aliphatic carbocycles. The average molecular weight is 363 g/mol. The molecular weight excluding hydrogens is 338 g/mol. The molecule has 0 spiro atoms. The first-order chi connectivity index (χ1) is 11.9. The van der Waals surface area contributed by atoms with Gasteiger partial charge in [-0.3, -0.25) is 4.72 Å². The Kier molecular flexibility index (Phi) is 6.64.